The largest absolute Gasteiger partial charge is 0.343 e. The number of halogens is 1. The number of hydrogen-bond acceptors (Lipinski definition) is 2. The minimum absolute atomic E-state index is 0.0667. The monoisotopic (exact) mass is 416 g/mol. The number of hydrogen-bond donors (Lipinski definition) is 0. The molecule has 1 atom stereocenters. The van der Waals surface area contributed by atoms with Crippen molar-refractivity contribution in [1.29, 1.82) is 0 Å². The fourth-order valence-corrected chi connectivity index (χ4v) is 5.54. The van der Waals surface area contributed by atoms with E-state index in [2.05, 4.69) is 17.0 Å². The van der Waals surface area contributed by atoms with Crippen LogP contribution in [0.3, 0.4) is 0 Å². The van der Waals surface area contributed by atoms with Gasteiger partial charge in [0.05, 0.1) is 0 Å². The molecule has 158 valence electrons. The van der Waals surface area contributed by atoms with Gasteiger partial charge in [0.2, 0.25) is 11.8 Å². The summed E-state index contributed by atoms with van der Waals surface area (Å²) in [6.07, 6.45) is 11.4. The molecule has 2 amide bonds. The van der Waals surface area contributed by atoms with E-state index < -0.39 is 0 Å². The highest BCUT2D eigenvalue weighted by atomic mass is 35.5. The van der Waals surface area contributed by atoms with E-state index >= 15 is 0 Å². The SMILES string of the molecule is O=C(CCc1ccc(CC2CCN(C3CCCCC3)C2=O)c(Cl)c1)N1CCCC1. The highest BCUT2D eigenvalue weighted by Gasteiger charge is 2.36. The van der Waals surface area contributed by atoms with E-state index in [1.807, 2.05) is 11.0 Å². The zero-order valence-electron chi connectivity index (χ0n) is 17.4. The van der Waals surface area contributed by atoms with Gasteiger partial charge in [-0.1, -0.05) is 43.0 Å². The van der Waals surface area contributed by atoms with Gasteiger partial charge in [0, 0.05) is 43.0 Å². The summed E-state index contributed by atoms with van der Waals surface area (Å²) in [5, 5.41) is 0.736. The van der Waals surface area contributed by atoms with Crippen LogP contribution in [0.15, 0.2) is 18.2 Å². The van der Waals surface area contributed by atoms with E-state index in [1.54, 1.807) is 0 Å². The fraction of sp³-hybridized carbons (Fsp3) is 0.667. The second-order valence-corrected chi connectivity index (χ2v) is 9.43. The molecule has 1 aromatic carbocycles. The lowest BCUT2D eigenvalue weighted by Gasteiger charge is -2.31. The Morgan fingerprint density at radius 3 is 2.48 bits per heavy atom. The molecule has 4 rings (SSSR count). The lowest BCUT2D eigenvalue weighted by Crippen LogP contribution is -2.39. The summed E-state index contributed by atoms with van der Waals surface area (Å²) in [7, 11) is 0. The number of amides is 2. The van der Waals surface area contributed by atoms with E-state index in [-0.39, 0.29) is 11.8 Å². The van der Waals surface area contributed by atoms with Crippen LogP contribution < -0.4 is 0 Å². The van der Waals surface area contributed by atoms with Gasteiger partial charge >= 0.3 is 0 Å². The molecule has 0 spiro atoms. The van der Waals surface area contributed by atoms with Gasteiger partial charge < -0.3 is 9.80 Å². The van der Waals surface area contributed by atoms with Gasteiger partial charge in [-0.25, -0.2) is 0 Å². The van der Waals surface area contributed by atoms with E-state index in [0.717, 1.165) is 67.9 Å². The van der Waals surface area contributed by atoms with Crippen molar-refractivity contribution < 1.29 is 9.59 Å². The minimum Gasteiger partial charge on any atom is -0.343 e. The van der Waals surface area contributed by atoms with E-state index in [4.69, 9.17) is 11.6 Å². The first-order valence-corrected chi connectivity index (χ1v) is 11.8. The maximum absolute atomic E-state index is 12.9. The molecule has 2 saturated heterocycles. The first-order chi connectivity index (χ1) is 14.1. The van der Waals surface area contributed by atoms with Crippen LogP contribution in [-0.4, -0.2) is 47.3 Å². The van der Waals surface area contributed by atoms with Crippen LogP contribution in [0.2, 0.25) is 5.02 Å². The Hall–Kier alpha value is -1.55. The molecule has 4 nitrogen and oxygen atoms in total. The third kappa shape index (κ3) is 4.96. The predicted molar refractivity (Wildman–Crippen MR) is 116 cm³/mol. The molecule has 3 fully saturated rings. The molecule has 1 saturated carbocycles. The molecular weight excluding hydrogens is 384 g/mol. The molecule has 1 aromatic rings. The van der Waals surface area contributed by atoms with Crippen molar-refractivity contribution in [2.75, 3.05) is 19.6 Å². The van der Waals surface area contributed by atoms with Crippen molar-refractivity contribution in [3.8, 4) is 0 Å². The molecule has 0 aromatic heterocycles. The molecule has 0 bridgehead atoms. The first kappa shape index (κ1) is 20.7. The number of nitrogens with zero attached hydrogens (tertiary/aromatic N) is 2. The third-order valence-corrected chi connectivity index (χ3v) is 7.39. The number of carbonyl (C=O) groups is 2. The van der Waals surface area contributed by atoms with Gasteiger partial charge in [0.1, 0.15) is 0 Å². The summed E-state index contributed by atoms with van der Waals surface area (Å²) >= 11 is 6.56. The van der Waals surface area contributed by atoms with Crippen molar-refractivity contribution in [1.82, 2.24) is 9.80 Å². The summed E-state index contributed by atoms with van der Waals surface area (Å²) < 4.78 is 0. The molecule has 0 radical (unpaired) electrons. The van der Waals surface area contributed by atoms with Crippen LogP contribution in [0, 0.1) is 5.92 Å². The van der Waals surface area contributed by atoms with E-state index in [0.29, 0.717) is 18.4 Å². The first-order valence-electron chi connectivity index (χ1n) is 11.5. The fourth-order valence-electron chi connectivity index (χ4n) is 5.26. The predicted octanol–water partition coefficient (Wildman–Crippen LogP) is 4.62. The van der Waals surface area contributed by atoms with Crippen LogP contribution in [0.5, 0.6) is 0 Å². The average molecular weight is 417 g/mol. The Morgan fingerprint density at radius 2 is 1.76 bits per heavy atom. The zero-order chi connectivity index (χ0) is 20.2. The standard InChI is InChI=1S/C24H33ClN2O2/c25-22-16-18(9-11-23(28)26-13-4-5-14-26)8-10-19(22)17-20-12-15-27(24(20)29)21-6-2-1-3-7-21/h8,10,16,20-21H,1-7,9,11-15,17H2. The third-order valence-electron chi connectivity index (χ3n) is 7.04. The summed E-state index contributed by atoms with van der Waals surface area (Å²) in [5.41, 5.74) is 2.16. The Morgan fingerprint density at radius 1 is 1.00 bits per heavy atom. The number of likely N-dealkylation sites (tertiary alicyclic amines) is 2. The summed E-state index contributed by atoms with van der Waals surface area (Å²) in [6, 6.07) is 6.60. The van der Waals surface area contributed by atoms with Gasteiger partial charge in [0.25, 0.3) is 0 Å². The Kier molecular flexibility index (Phi) is 6.79. The molecule has 2 aliphatic heterocycles. The van der Waals surface area contributed by atoms with Crippen LogP contribution in [0.4, 0.5) is 0 Å². The number of carbonyl (C=O) groups excluding carboxylic acids is 2. The second-order valence-electron chi connectivity index (χ2n) is 9.03. The Labute approximate surface area is 179 Å². The van der Waals surface area contributed by atoms with Crippen molar-refractivity contribution in [3.63, 3.8) is 0 Å². The van der Waals surface area contributed by atoms with Gasteiger partial charge in [-0.15, -0.1) is 0 Å². The lowest BCUT2D eigenvalue weighted by molar-refractivity contribution is -0.133. The highest BCUT2D eigenvalue weighted by Crippen LogP contribution is 2.32. The molecule has 3 aliphatic rings. The van der Waals surface area contributed by atoms with Gasteiger partial charge in [-0.2, -0.15) is 0 Å². The topological polar surface area (TPSA) is 40.6 Å². The Bertz CT molecular complexity index is 738. The van der Waals surface area contributed by atoms with Gasteiger partial charge in [-0.3, -0.25) is 9.59 Å². The summed E-state index contributed by atoms with van der Waals surface area (Å²) in [5.74, 6) is 0.646. The van der Waals surface area contributed by atoms with E-state index in [1.165, 1.54) is 32.1 Å². The maximum atomic E-state index is 12.9. The molecular formula is C24H33ClN2O2. The van der Waals surface area contributed by atoms with Crippen molar-refractivity contribution in [3.05, 3.63) is 34.3 Å². The van der Waals surface area contributed by atoms with Gasteiger partial charge in [-0.05, 0) is 62.1 Å². The molecule has 1 unspecified atom stereocenters. The van der Waals surface area contributed by atoms with Crippen molar-refractivity contribution >= 4 is 23.4 Å². The summed E-state index contributed by atoms with van der Waals surface area (Å²) in [4.78, 5) is 29.3. The van der Waals surface area contributed by atoms with Crippen molar-refractivity contribution in [2.24, 2.45) is 5.92 Å². The lowest BCUT2D eigenvalue weighted by atomic mass is 9.94. The molecule has 0 N–H and O–H groups in total. The van der Waals surface area contributed by atoms with E-state index in [9.17, 15) is 9.59 Å². The van der Waals surface area contributed by atoms with Crippen LogP contribution >= 0.6 is 11.6 Å². The number of rotatable bonds is 6. The van der Waals surface area contributed by atoms with Gasteiger partial charge in [0.15, 0.2) is 0 Å². The van der Waals surface area contributed by atoms with Crippen molar-refractivity contribution in [2.45, 2.75) is 76.7 Å². The molecule has 5 heteroatoms. The Balaban J connectivity index is 1.31. The highest BCUT2D eigenvalue weighted by molar-refractivity contribution is 6.31. The van der Waals surface area contributed by atoms with Crippen LogP contribution in [0.1, 0.15) is 68.9 Å². The minimum atomic E-state index is 0.0667. The average Bonchev–Trinajstić information content (AvgIpc) is 3.39. The quantitative estimate of drug-likeness (QED) is 0.678. The maximum Gasteiger partial charge on any atom is 0.226 e. The smallest absolute Gasteiger partial charge is 0.226 e. The number of aryl methyl sites for hydroxylation is 1. The molecule has 1 aliphatic carbocycles. The van der Waals surface area contributed by atoms with Crippen LogP contribution in [0.25, 0.3) is 0 Å². The zero-order valence-corrected chi connectivity index (χ0v) is 18.1. The molecule has 2 heterocycles. The number of benzene rings is 1. The second kappa shape index (κ2) is 9.51. The normalized spacial score (nSPS) is 23.2. The molecule has 29 heavy (non-hydrogen) atoms. The van der Waals surface area contributed by atoms with Crippen LogP contribution in [-0.2, 0) is 22.4 Å². The summed E-state index contributed by atoms with van der Waals surface area (Å²) in [6.45, 7) is 2.72.